The molecule has 0 N–H and O–H groups in total. The summed E-state index contributed by atoms with van der Waals surface area (Å²) in [6, 6.07) is 6.46. The first-order valence-corrected chi connectivity index (χ1v) is 12.4. The molecule has 0 aromatic heterocycles. The Morgan fingerprint density at radius 3 is 2.42 bits per heavy atom. The van der Waals surface area contributed by atoms with Crippen molar-refractivity contribution < 1.29 is 9.59 Å². The van der Waals surface area contributed by atoms with Crippen molar-refractivity contribution in [1.82, 2.24) is 14.7 Å². The molecule has 6 heteroatoms. The second-order valence-electron chi connectivity index (χ2n) is 9.61. The van der Waals surface area contributed by atoms with Gasteiger partial charge < -0.3 is 14.7 Å². The highest BCUT2D eigenvalue weighted by Crippen LogP contribution is 2.36. The van der Waals surface area contributed by atoms with Gasteiger partial charge in [0.15, 0.2) is 0 Å². The Balaban J connectivity index is 1.31. The summed E-state index contributed by atoms with van der Waals surface area (Å²) in [6.45, 7) is 7.41. The molecule has 168 valence electrons. The summed E-state index contributed by atoms with van der Waals surface area (Å²) >= 11 is 0. The molecule has 31 heavy (non-hydrogen) atoms. The van der Waals surface area contributed by atoms with Crippen molar-refractivity contribution in [3.05, 3.63) is 29.3 Å². The Hall–Kier alpha value is -2.08. The number of carbonyl (C=O) groups excluding carboxylic acids is 2. The molecule has 5 rings (SSSR count). The van der Waals surface area contributed by atoms with Gasteiger partial charge in [0.05, 0.1) is 11.3 Å². The Morgan fingerprint density at radius 2 is 1.68 bits per heavy atom. The van der Waals surface area contributed by atoms with E-state index in [2.05, 4.69) is 16.7 Å². The van der Waals surface area contributed by atoms with Crippen LogP contribution in [0.2, 0.25) is 0 Å². The molecule has 0 spiro atoms. The van der Waals surface area contributed by atoms with Crippen LogP contribution >= 0.6 is 0 Å². The van der Waals surface area contributed by atoms with Crippen LogP contribution in [0.15, 0.2) is 18.2 Å². The van der Waals surface area contributed by atoms with E-state index in [1.54, 1.807) is 0 Å². The van der Waals surface area contributed by atoms with Gasteiger partial charge >= 0.3 is 0 Å². The van der Waals surface area contributed by atoms with Crippen LogP contribution in [0.1, 0.15) is 79.0 Å². The molecule has 1 aliphatic carbocycles. The molecule has 3 fully saturated rings. The zero-order valence-electron chi connectivity index (χ0n) is 18.9. The maximum atomic E-state index is 13.3. The van der Waals surface area contributed by atoms with Crippen molar-refractivity contribution in [2.24, 2.45) is 0 Å². The molecule has 0 bridgehead atoms. The summed E-state index contributed by atoms with van der Waals surface area (Å²) in [6.07, 6.45) is 10.1. The molecule has 2 amide bonds. The third-order valence-electron chi connectivity index (χ3n) is 7.91. The molecule has 1 atom stereocenters. The lowest BCUT2D eigenvalue weighted by molar-refractivity contribution is 0.0520. The lowest BCUT2D eigenvalue weighted by Crippen LogP contribution is -2.57. The van der Waals surface area contributed by atoms with Gasteiger partial charge in [-0.2, -0.15) is 0 Å². The van der Waals surface area contributed by atoms with Crippen molar-refractivity contribution in [3.8, 4) is 0 Å². The molecule has 4 aliphatic rings. The Bertz CT molecular complexity index is 827. The van der Waals surface area contributed by atoms with Crippen molar-refractivity contribution >= 4 is 17.5 Å². The molecule has 0 unspecified atom stereocenters. The van der Waals surface area contributed by atoms with Gasteiger partial charge in [-0.25, -0.2) is 0 Å². The molecule has 0 radical (unpaired) electrons. The smallest absolute Gasteiger partial charge is 0.257 e. The summed E-state index contributed by atoms with van der Waals surface area (Å²) in [5.41, 5.74) is 2.42. The fourth-order valence-electron chi connectivity index (χ4n) is 6.17. The molecule has 3 heterocycles. The molecule has 1 aromatic carbocycles. The topological polar surface area (TPSA) is 47.1 Å². The van der Waals surface area contributed by atoms with Crippen LogP contribution in [0, 0.1) is 0 Å². The van der Waals surface area contributed by atoms with Crippen molar-refractivity contribution in [1.29, 1.82) is 0 Å². The number of amides is 2. The summed E-state index contributed by atoms with van der Waals surface area (Å²) in [5.74, 6) is 0.241. The number of piperidine rings is 1. The van der Waals surface area contributed by atoms with E-state index < -0.39 is 0 Å². The Morgan fingerprint density at radius 1 is 0.935 bits per heavy atom. The van der Waals surface area contributed by atoms with E-state index in [-0.39, 0.29) is 18.0 Å². The van der Waals surface area contributed by atoms with E-state index in [1.165, 1.54) is 32.1 Å². The molecular formula is C25H36N4O2. The largest absolute Gasteiger partial charge is 0.351 e. The monoisotopic (exact) mass is 424 g/mol. The summed E-state index contributed by atoms with van der Waals surface area (Å²) < 4.78 is 0. The molecule has 6 nitrogen and oxygen atoms in total. The lowest BCUT2D eigenvalue weighted by atomic mass is 9.93. The number of piperazine rings is 1. The second kappa shape index (κ2) is 8.81. The number of benzene rings is 1. The predicted octanol–water partition coefficient (Wildman–Crippen LogP) is 3.57. The van der Waals surface area contributed by atoms with Gasteiger partial charge in [-0.3, -0.25) is 14.5 Å². The molecule has 1 saturated carbocycles. The minimum Gasteiger partial charge on any atom is -0.351 e. The van der Waals surface area contributed by atoms with Crippen LogP contribution in [0.4, 0.5) is 5.69 Å². The maximum Gasteiger partial charge on any atom is 0.257 e. The average molecular weight is 425 g/mol. The van der Waals surface area contributed by atoms with Gasteiger partial charge in [0.25, 0.3) is 11.8 Å². The number of hydrogen-bond acceptors (Lipinski definition) is 4. The quantitative estimate of drug-likeness (QED) is 0.744. The molecule has 2 saturated heterocycles. The third-order valence-corrected chi connectivity index (χ3v) is 7.91. The van der Waals surface area contributed by atoms with Gasteiger partial charge in [-0.1, -0.05) is 19.3 Å². The van der Waals surface area contributed by atoms with E-state index in [0.717, 1.165) is 81.4 Å². The first-order chi connectivity index (χ1) is 15.2. The standard InChI is InChI=1S/C25H36N4O2/c1-2-28-22-18-19(11-12-21(22)25(31)29-13-7-6-10-23(28)29)24(30)27-16-14-26(15-17-27)20-8-4-3-5-9-20/h11-12,18,20,23H,2-10,13-17H2,1H3/t23-/m1/s1. The molecule has 1 aromatic rings. The van der Waals surface area contributed by atoms with E-state index in [1.807, 2.05) is 28.0 Å². The highest BCUT2D eigenvalue weighted by Gasteiger charge is 2.38. The van der Waals surface area contributed by atoms with Crippen molar-refractivity contribution in [3.63, 3.8) is 0 Å². The normalized spacial score (nSPS) is 25.4. The average Bonchev–Trinajstić information content (AvgIpc) is 2.84. The van der Waals surface area contributed by atoms with E-state index >= 15 is 0 Å². The number of rotatable bonds is 3. The number of hydrogen-bond donors (Lipinski definition) is 0. The van der Waals surface area contributed by atoms with Crippen molar-refractivity contribution in [2.75, 3.05) is 44.2 Å². The highest BCUT2D eigenvalue weighted by atomic mass is 16.2. The van der Waals surface area contributed by atoms with Crippen molar-refractivity contribution in [2.45, 2.75) is 70.5 Å². The maximum absolute atomic E-state index is 13.3. The molecular weight excluding hydrogens is 388 g/mol. The van der Waals surface area contributed by atoms with Crippen LogP contribution in [0.5, 0.6) is 0 Å². The summed E-state index contributed by atoms with van der Waals surface area (Å²) in [7, 11) is 0. The van der Waals surface area contributed by atoms with E-state index in [9.17, 15) is 9.59 Å². The summed E-state index contributed by atoms with van der Waals surface area (Å²) in [5, 5.41) is 0. The van der Waals surface area contributed by atoms with E-state index in [4.69, 9.17) is 0 Å². The third kappa shape index (κ3) is 3.84. The lowest BCUT2D eigenvalue weighted by Gasteiger charge is -2.47. The highest BCUT2D eigenvalue weighted by molar-refractivity contribution is 6.04. The van der Waals surface area contributed by atoms with Crippen LogP contribution in [-0.4, -0.2) is 78.0 Å². The minimum absolute atomic E-state index is 0.112. The first-order valence-electron chi connectivity index (χ1n) is 12.4. The first kappa shape index (κ1) is 20.8. The zero-order chi connectivity index (χ0) is 21.4. The number of nitrogens with zero attached hydrogens (tertiary/aromatic N) is 4. The van der Waals surface area contributed by atoms with Gasteiger partial charge in [-0.05, 0) is 57.2 Å². The fourth-order valence-corrected chi connectivity index (χ4v) is 6.17. The van der Waals surface area contributed by atoms with Gasteiger partial charge in [0.2, 0.25) is 0 Å². The van der Waals surface area contributed by atoms with Gasteiger partial charge in [0, 0.05) is 50.9 Å². The second-order valence-corrected chi connectivity index (χ2v) is 9.61. The van der Waals surface area contributed by atoms with Crippen LogP contribution in [0.25, 0.3) is 0 Å². The van der Waals surface area contributed by atoms with Gasteiger partial charge in [0.1, 0.15) is 6.17 Å². The Labute approximate surface area is 186 Å². The number of anilines is 1. The van der Waals surface area contributed by atoms with Crippen LogP contribution in [0.3, 0.4) is 0 Å². The van der Waals surface area contributed by atoms with Crippen LogP contribution in [-0.2, 0) is 0 Å². The SMILES string of the molecule is CCN1c2cc(C(=O)N3CCN(C4CCCCC4)CC3)ccc2C(=O)N2CCCC[C@@H]21. The Kier molecular flexibility index (Phi) is 5.91. The predicted molar refractivity (Wildman–Crippen MR) is 122 cm³/mol. The van der Waals surface area contributed by atoms with Gasteiger partial charge in [-0.15, -0.1) is 0 Å². The number of fused-ring (bicyclic) bond motifs is 2. The number of carbonyl (C=O) groups is 2. The zero-order valence-corrected chi connectivity index (χ0v) is 18.9. The minimum atomic E-state index is 0.112. The van der Waals surface area contributed by atoms with E-state index in [0.29, 0.717) is 0 Å². The van der Waals surface area contributed by atoms with Crippen LogP contribution < -0.4 is 4.90 Å². The molecule has 3 aliphatic heterocycles. The summed E-state index contributed by atoms with van der Waals surface area (Å²) in [4.78, 5) is 35.4. The fraction of sp³-hybridized carbons (Fsp3) is 0.680.